The van der Waals surface area contributed by atoms with Crippen LogP contribution in [0.4, 0.5) is 4.39 Å². The number of sulfonamides is 1. The van der Waals surface area contributed by atoms with Crippen LogP contribution in [0.25, 0.3) is 0 Å². The molecule has 0 aliphatic rings. The van der Waals surface area contributed by atoms with E-state index in [0.717, 1.165) is 9.87 Å². The highest BCUT2D eigenvalue weighted by Crippen LogP contribution is 2.28. The summed E-state index contributed by atoms with van der Waals surface area (Å²) in [5, 5.41) is 0. The van der Waals surface area contributed by atoms with Gasteiger partial charge in [-0.25, -0.2) is 12.8 Å². The van der Waals surface area contributed by atoms with Gasteiger partial charge in [0.15, 0.2) is 11.6 Å². The van der Waals surface area contributed by atoms with E-state index < -0.39 is 15.8 Å². The molecular weight excluding hydrogens is 333 g/mol. The molecule has 0 aliphatic carbocycles. The molecule has 0 aromatic heterocycles. The average Bonchev–Trinajstić information content (AvgIpc) is 2.55. The molecule has 0 spiro atoms. The van der Waals surface area contributed by atoms with Crippen molar-refractivity contribution in [3.8, 4) is 11.5 Å². The van der Waals surface area contributed by atoms with Crippen LogP contribution in [-0.4, -0.2) is 34.0 Å². The van der Waals surface area contributed by atoms with E-state index in [-0.39, 0.29) is 22.9 Å². The molecule has 130 valence electrons. The maximum absolute atomic E-state index is 13.8. The van der Waals surface area contributed by atoms with Crippen LogP contribution in [0, 0.1) is 12.7 Å². The molecule has 5 nitrogen and oxygen atoms in total. The van der Waals surface area contributed by atoms with Crippen LogP contribution in [-0.2, 0) is 16.6 Å². The van der Waals surface area contributed by atoms with Crippen LogP contribution < -0.4 is 9.47 Å². The van der Waals surface area contributed by atoms with Gasteiger partial charge in [0.1, 0.15) is 10.6 Å². The number of benzene rings is 2. The maximum Gasteiger partial charge on any atom is 0.246 e. The Bertz CT molecular complexity index is 836. The highest BCUT2D eigenvalue weighted by atomic mass is 32.2. The Morgan fingerprint density at radius 2 is 1.67 bits per heavy atom. The lowest BCUT2D eigenvalue weighted by atomic mass is 10.2. The van der Waals surface area contributed by atoms with Crippen molar-refractivity contribution in [2.75, 3.05) is 21.3 Å². The summed E-state index contributed by atoms with van der Waals surface area (Å²) in [5.41, 5.74) is 1.32. The zero-order chi connectivity index (χ0) is 17.9. The SMILES string of the molecule is COc1ccc(CN(C)S(=O)(=O)c2cc(C)ccc2OC)cc1F. The molecule has 0 saturated carbocycles. The van der Waals surface area contributed by atoms with E-state index >= 15 is 0 Å². The molecule has 0 bridgehead atoms. The van der Waals surface area contributed by atoms with Crippen molar-refractivity contribution in [1.82, 2.24) is 4.31 Å². The summed E-state index contributed by atoms with van der Waals surface area (Å²) in [6, 6.07) is 9.30. The van der Waals surface area contributed by atoms with Crippen LogP contribution in [0.3, 0.4) is 0 Å². The zero-order valence-electron chi connectivity index (χ0n) is 14.0. The molecule has 0 aliphatic heterocycles. The first-order chi connectivity index (χ1) is 11.3. The first kappa shape index (κ1) is 18.2. The number of ether oxygens (including phenoxy) is 2. The summed E-state index contributed by atoms with van der Waals surface area (Å²) in [7, 11) is 0.460. The number of hydrogen-bond acceptors (Lipinski definition) is 4. The van der Waals surface area contributed by atoms with E-state index in [2.05, 4.69) is 0 Å². The number of hydrogen-bond donors (Lipinski definition) is 0. The fourth-order valence-corrected chi connectivity index (χ4v) is 3.70. The van der Waals surface area contributed by atoms with Crippen molar-refractivity contribution in [1.29, 1.82) is 0 Å². The normalized spacial score (nSPS) is 11.6. The van der Waals surface area contributed by atoms with Crippen molar-refractivity contribution in [2.45, 2.75) is 18.4 Å². The Morgan fingerprint density at radius 3 is 2.25 bits per heavy atom. The largest absolute Gasteiger partial charge is 0.495 e. The van der Waals surface area contributed by atoms with Crippen molar-refractivity contribution in [3.05, 3.63) is 53.3 Å². The van der Waals surface area contributed by atoms with Crippen LogP contribution in [0.5, 0.6) is 11.5 Å². The minimum absolute atomic E-state index is 0.0281. The number of rotatable bonds is 6. The van der Waals surface area contributed by atoms with Gasteiger partial charge in [0.05, 0.1) is 14.2 Å². The standard InChI is InChI=1S/C17H20FNO4S/c1-12-5-7-16(23-4)17(9-12)24(20,21)19(2)11-13-6-8-15(22-3)14(18)10-13/h5-10H,11H2,1-4H3. The van der Waals surface area contributed by atoms with Crippen molar-refractivity contribution >= 4 is 10.0 Å². The third-order valence-electron chi connectivity index (χ3n) is 3.63. The number of halogens is 1. The van der Waals surface area contributed by atoms with Gasteiger partial charge in [0.25, 0.3) is 0 Å². The molecule has 2 aromatic carbocycles. The second-order valence-electron chi connectivity index (χ2n) is 5.38. The topological polar surface area (TPSA) is 55.8 Å². The molecule has 0 radical (unpaired) electrons. The summed E-state index contributed by atoms with van der Waals surface area (Å²) in [6.45, 7) is 1.83. The van der Waals surface area contributed by atoms with Crippen LogP contribution in [0.1, 0.15) is 11.1 Å². The van der Waals surface area contributed by atoms with Gasteiger partial charge in [-0.05, 0) is 42.3 Å². The van der Waals surface area contributed by atoms with Gasteiger partial charge in [0, 0.05) is 13.6 Å². The molecule has 24 heavy (non-hydrogen) atoms. The fraction of sp³-hybridized carbons (Fsp3) is 0.294. The highest BCUT2D eigenvalue weighted by molar-refractivity contribution is 7.89. The van der Waals surface area contributed by atoms with Gasteiger partial charge in [-0.15, -0.1) is 0 Å². The monoisotopic (exact) mass is 353 g/mol. The minimum atomic E-state index is -3.78. The number of aryl methyl sites for hydroxylation is 1. The van der Waals surface area contributed by atoms with E-state index in [0.29, 0.717) is 5.56 Å². The van der Waals surface area contributed by atoms with E-state index in [1.807, 2.05) is 0 Å². The summed E-state index contributed by atoms with van der Waals surface area (Å²) in [5.74, 6) is -0.146. The summed E-state index contributed by atoms with van der Waals surface area (Å²) < 4.78 is 50.6. The molecule has 7 heteroatoms. The van der Waals surface area contributed by atoms with Gasteiger partial charge in [-0.1, -0.05) is 12.1 Å². The molecule has 0 atom stereocenters. The highest BCUT2D eigenvalue weighted by Gasteiger charge is 2.25. The lowest BCUT2D eigenvalue weighted by molar-refractivity contribution is 0.385. The van der Waals surface area contributed by atoms with Crippen LogP contribution >= 0.6 is 0 Å². The van der Waals surface area contributed by atoms with Gasteiger partial charge >= 0.3 is 0 Å². The van der Waals surface area contributed by atoms with E-state index in [4.69, 9.17) is 9.47 Å². The molecule has 0 N–H and O–H groups in total. The van der Waals surface area contributed by atoms with E-state index in [1.165, 1.54) is 33.4 Å². The Hall–Kier alpha value is -2.12. The molecular formula is C17H20FNO4S. The van der Waals surface area contributed by atoms with E-state index in [9.17, 15) is 12.8 Å². The first-order valence-corrected chi connectivity index (χ1v) is 8.67. The van der Waals surface area contributed by atoms with Crippen molar-refractivity contribution < 1.29 is 22.3 Å². The van der Waals surface area contributed by atoms with Crippen molar-refractivity contribution in [2.24, 2.45) is 0 Å². The van der Waals surface area contributed by atoms with Gasteiger partial charge in [0.2, 0.25) is 10.0 Å². The quantitative estimate of drug-likeness (QED) is 0.801. The first-order valence-electron chi connectivity index (χ1n) is 7.23. The molecule has 0 heterocycles. The van der Waals surface area contributed by atoms with Crippen LogP contribution in [0.2, 0.25) is 0 Å². The minimum Gasteiger partial charge on any atom is -0.495 e. The Labute approximate surface area is 141 Å². The van der Waals surface area contributed by atoms with Gasteiger partial charge in [-0.2, -0.15) is 4.31 Å². The van der Waals surface area contributed by atoms with Gasteiger partial charge < -0.3 is 9.47 Å². The second kappa shape index (κ2) is 7.19. The summed E-state index contributed by atoms with van der Waals surface area (Å²) in [6.07, 6.45) is 0. The molecule has 0 fully saturated rings. The molecule has 0 saturated heterocycles. The molecule has 0 unspecified atom stereocenters. The Balaban J connectivity index is 2.33. The predicted molar refractivity (Wildman–Crippen MR) is 89.3 cm³/mol. The second-order valence-corrected chi connectivity index (χ2v) is 7.40. The lowest BCUT2D eigenvalue weighted by Crippen LogP contribution is -2.27. The third-order valence-corrected chi connectivity index (χ3v) is 5.45. The summed E-state index contributed by atoms with van der Waals surface area (Å²) >= 11 is 0. The molecule has 2 aromatic rings. The molecule has 0 amide bonds. The average molecular weight is 353 g/mol. The number of nitrogens with zero attached hydrogens (tertiary/aromatic N) is 1. The Morgan fingerprint density at radius 1 is 1.04 bits per heavy atom. The Kier molecular flexibility index (Phi) is 5.46. The van der Waals surface area contributed by atoms with Crippen molar-refractivity contribution in [3.63, 3.8) is 0 Å². The number of methoxy groups -OCH3 is 2. The smallest absolute Gasteiger partial charge is 0.246 e. The van der Waals surface area contributed by atoms with Crippen LogP contribution in [0.15, 0.2) is 41.3 Å². The maximum atomic E-state index is 13.8. The lowest BCUT2D eigenvalue weighted by Gasteiger charge is -2.19. The third kappa shape index (κ3) is 3.68. The summed E-state index contributed by atoms with van der Waals surface area (Å²) in [4.78, 5) is 0.0847. The molecule has 2 rings (SSSR count). The zero-order valence-corrected chi connectivity index (χ0v) is 14.9. The predicted octanol–water partition coefficient (Wildman–Crippen LogP) is 2.97. The van der Waals surface area contributed by atoms with Gasteiger partial charge in [-0.3, -0.25) is 0 Å². The fourth-order valence-electron chi connectivity index (χ4n) is 2.30. The van der Waals surface area contributed by atoms with E-state index in [1.54, 1.807) is 31.2 Å².